The quantitative estimate of drug-likeness (QED) is 0.884. The zero-order valence-corrected chi connectivity index (χ0v) is 11.6. The Bertz CT molecular complexity index is 429. The van der Waals surface area contributed by atoms with Crippen LogP contribution in [0.15, 0.2) is 18.2 Å². The van der Waals surface area contributed by atoms with Crippen LogP contribution in [0.3, 0.4) is 0 Å². The predicted molar refractivity (Wildman–Crippen MR) is 71.0 cm³/mol. The van der Waals surface area contributed by atoms with E-state index in [-0.39, 0.29) is 23.0 Å². The number of hydrogen-bond acceptors (Lipinski definition) is 2. The maximum Gasteiger partial charge on any atom is 0.234 e. The van der Waals surface area contributed by atoms with Crippen LogP contribution in [0.25, 0.3) is 0 Å². The molecule has 0 saturated heterocycles. The van der Waals surface area contributed by atoms with E-state index >= 15 is 0 Å². The number of nitrogens with one attached hydrogen (secondary N) is 2. The van der Waals surface area contributed by atoms with E-state index in [4.69, 9.17) is 11.6 Å². The molecule has 18 heavy (non-hydrogen) atoms. The second-order valence-corrected chi connectivity index (χ2v) is 5.56. The number of benzene rings is 1. The Morgan fingerprint density at radius 1 is 1.39 bits per heavy atom. The van der Waals surface area contributed by atoms with Gasteiger partial charge in [-0.05, 0) is 38.5 Å². The molecular formula is C13H18ClFN2O. The van der Waals surface area contributed by atoms with Crippen molar-refractivity contribution in [3.05, 3.63) is 34.6 Å². The summed E-state index contributed by atoms with van der Waals surface area (Å²) in [5, 5.41) is 5.88. The average molecular weight is 273 g/mol. The largest absolute Gasteiger partial charge is 0.350 e. The molecule has 100 valence electrons. The molecule has 3 nitrogen and oxygen atoms in total. The Kier molecular flexibility index (Phi) is 5.11. The number of carbonyl (C=O) groups is 1. The summed E-state index contributed by atoms with van der Waals surface area (Å²) < 4.78 is 13.1. The molecular weight excluding hydrogens is 255 g/mol. The van der Waals surface area contributed by atoms with Crippen molar-refractivity contribution in [3.63, 3.8) is 0 Å². The third-order valence-corrected chi connectivity index (χ3v) is 2.42. The molecule has 0 unspecified atom stereocenters. The van der Waals surface area contributed by atoms with Crippen molar-refractivity contribution >= 4 is 17.5 Å². The van der Waals surface area contributed by atoms with Crippen LogP contribution in [-0.2, 0) is 11.3 Å². The molecule has 1 aromatic rings. The summed E-state index contributed by atoms with van der Waals surface area (Å²) >= 11 is 5.58. The van der Waals surface area contributed by atoms with E-state index in [9.17, 15) is 9.18 Å². The lowest BCUT2D eigenvalue weighted by atomic mass is 10.1. The fourth-order valence-corrected chi connectivity index (χ4v) is 1.55. The number of hydrogen-bond donors (Lipinski definition) is 2. The molecule has 5 heteroatoms. The first-order valence-electron chi connectivity index (χ1n) is 5.73. The summed E-state index contributed by atoms with van der Waals surface area (Å²) in [6, 6.07) is 4.58. The molecule has 0 aliphatic carbocycles. The van der Waals surface area contributed by atoms with E-state index < -0.39 is 5.82 Å². The SMILES string of the molecule is CC(C)(C)NC(=O)CNCc1ccc(Cl)c(F)c1. The average Bonchev–Trinajstić information content (AvgIpc) is 2.20. The highest BCUT2D eigenvalue weighted by molar-refractivity contribution is 6.30. The second kappa shape index (κ2) is 6.16. The molecule has 0 fully saturated rings. The van der Waals surface area contributed by atoms with Crippen LogP contribution in [-0.4, -0.2) is 18.0 Å². The van der Waals surface area contributed by atoms with Gasteiger partial charge in [-0.2, -0.15) is 0 Å². The molecule has 1 amide bonds. The Labute approximate surface area is 112 Å². The van der Waals surface area contributed by atoms with Crippen LogP contribution in [0.1, 0.15) is 26.3 Å². The van der Waals surface area contributed by atoms with Gasteiger partial charge >= 0.3 is 0 Å². The van der Waals surface area contributed by atoms with Crippen molar-refractivity contribution in [1.82, 2.24) is 10.6 Å². The first-order chi connectivity index (χ1) is 8.28. The van der Waals surface area contributed by atoms with Gasteiger partial charge in [0.1, 0.15) is 5.82 Å². The van der Waals surface area contributed by atoms with E-state index in [0.29, 0.717) is 6.54 Å². The van der Waals surface area contributed by atoms with Gasteiger partial charge in [-0.15, -0.1) is 0 Å². The van der Waals surface area contributed by atoms with Crippen LogP contribution in [0.2, 0.25) is 5.02 Å². The highest BCUT2D eigenvalue weighted by atomic mass is 35.5. The van der Waals surface area contributed by atoms with E-state index in [2.05, 4.69) is 10.6 Å². The lowest BCUT2D eigenvalue weighted by molar-refractivity contribution is -0.121. The predicted octanol–water partition coefficient (Wildman–Crippen LogP) is 2.48. The highest BCUT2D eigenvalue weighted by Crippen LogP contribution is 2.15. The molecule has 1 rings (SSSR count). The summed E-state index contributed by atoms with van der Waals surface area (Å²) in [5.41, 5.74) is 0.506. The maximum absolute atomic E-state index is 13.1. The highest BCUT2D eigenvalue weighted by Gasteiger charge is 2.12. The Morgan fingerprint density at radius 3 is 2.61 bits per heavy atom. The first-order valence-corrected chi connectivity index (χ1v) is 6.11. The van der Waals surface area contributed by atoms with E-state index in [1.807, 2.05) is 20.8 Å². The van der Waals surface area contributed by atoms with Crippen LogP contribution in [0, 0.1) is 5.82 Å². The zero-order valence-electron chi connectivity index (χ0n) is 10.8. The Balaban J connectivity index is 2.38. The standard InChI is InChI=1S/C13H18ClFN2O/c1-13(2,3)17-12(18)8-16-7-9-4-5-10(14)11(15)6-9/h4-6,16H,7-8H2,1-3H3,(H,17,18). The summed E-state index contributed by atoms with van der Waals surface area (Å²) in [4.78, 5) is 11.5. The summed E-state index contributed by atoms with van der Waals surface area (Å²) in [7, 11) is 0. The molecule has 0 aliphatic heterocycles. The minimum atomic E-state index is -0.449. The minimum Gasteiger partial charge on any atom is -0.350 e. The molecule has 1 aromatic carbocycles. The maximum atomic E-state index is 13.1. The van der Waals surface area contributed by atoms with Gasteiger partial charge in [0, 0.05) is 12.1 Å². The van der Waals surface area contributed by atoms with Crippen LogP contribution < -0.4 is 10.6 Å². The van der Waals surface area contributed by atoms with Crippen molar-refractivity contribution in [2.75, 3.05) is 6.54 Å². The van der Waals surface area contributed by atoms with Gasteiger partial charge in [0.25, 0.3) is 0 Å². The van der Waals surface area contributed by atoms with Crippen molar-refractivity contribution < 1.29 is 9.18 Å². The zero-order chi connectivity index (χ0) is 13.8. The minimum absolute atomic E-state index is 0.0862. The third kappa shape index (κ3) is 5.47. The van der Waals surface area contributed by atoms with Gasteiger partial charge < -0.3 is 10.6 Å². The molecule has 0 aliphatic rings. The molecule has 0 saturated carbocycles. The van der Waals surface area contributed by atoms with E-state index in [1.54, 1.807) is 6.07 Å². The van der Waals surface area contributed by atoms with Crippen LogP contribution >= 0.6 is 11.6 Å². The molecule has 0 aromatic heterocycles. The molecule has 0 spiro atoms. The molecule has 0 bridgehead atoms. The Hall–Kier alpha value is -1.13. The lowest BCUT2D eigenvalue weighted by Gasteiger charge is -2.20. The van der Waals surface area contributed by atoms with Crippen molar-refractivity contribution in [2.45, 2.75) is 32.9 Å². The van der Waals surface area contributed by atoms with Crippen LogP contribution in [0.5, 0.6) is 0 Å². The molecule has 2 N–H and O–H groups in total. The fraction of sp³-hybridized carbons (Fsp3) is 0.462. The lowest BCUT2D eigenvalue weighted by Crippen LogP contribution is -2.44. The van der Waals surface area contributed by atoms with E-state index in [0.717, 1.165) is 5.56 Å². The van der Waals surface area contributed by atoms with Gasteiger partial charge in [0.05, 0.1) is 11.6 Å². The first kappa shape index (κ1) is 14.9. The molecule has 0 atom stereocenters. The number of halogens is 2. The topological polar surface area (TPSA) is 41.1 Å². The molecule has 0 radical (unpaired) electrons. The number of rotatable bonds is 4. The van der Waals surface area contributed by atoms with Crippen LogP contribution in [0.4, 0.5) is 4.39 Å². The summed E-state index contributed by atoms with van der Waals surface area (Å²) in [6.45, 7) is 6.37. The fourth-order valence-electron chi connectivity index (χ4n) is 1.43. The second-order valence-electron chi connectivity index (χ2n) is 5.15. The van der Waals surface area contributed by atoms with Gasteiger partial charge in [-0.1, -0.05) is 17.7 Å². The van der Waals surface area contributed by atoms with Crippen molar-refractivity contribution in [1.29, 1.82) is 0 Å². The third-order valence-electron chi connectivity index (χ3n) is 2.11. The molecule has 0 heterocycles. The normalized spacial score (nSPS) is 11.4. The van der Waals surface area contributed by atoms with Crippen molar-refractivity contribution in [3.8, 4) is 0 Å². The monoisotopic (exact) mass is 272 g/mol. The van der Waals surface area contributed by atoms with Crippen molar-refractivity contribution in [2.24, 2.45) is 0 Å². The smallest absolute Gasteiger partial charge is 0.234 e. The van der Waals surface area contributed by atoms with Gasteiger partial charge in [0.15, 0.2) is 0 Å². The van der Waals surface area contributed by atoms with Gasteiger partial charge in [0.2, 0.25) is 5.91 Å². The van der Waals surface area contributed by atoms with Gasteiger partial charge in [-0.25, -0.2) is 4.39 Å². The Morgan fingerprint density at radius 2 is 2.06 bits per heavy atom. The number of amides is 1. The van der Waals surface area contributed by atoms with E-state index in [1.165, 1.54) is 12.1 Å². The van der Waals surface area contributed by atoms with Gasteiger partial charge in [-0.3, -0.25) is 4.79 Å². The summed E-state index contributed by atoms with van der Waals surface area (Å²) in [5.74, 6) is -0.535. The number of carbonyl (C=O) groups excluding carboxylic acids is 1. The summed E-state index contributed by atoms with van der Waals surface area (Å²) in [6.07, 6.45) is 0.